The minimum atomic E-state index is -0.514. The molecule has 0 heterocycles. The van der Waals surface area contributed by atoms with Crippen LogP contribution in [0, 0.1) is 13.8 Å². The molecule has 2 aromatic carbocycles. The quantitative estimate of drug-likeness (QED) is 0.509. The molecule has 6 heteroatoms. The first-order chi connectivity index (χ1) is 10.4. The van der Waals surface area contributed by atoms with Crippen LogP contribution in [0.15, 0.2) is 34.8 Å². The summed E-state index contributed by atoms with van der Waals surface area (Å²) < 4.78 is 11.4. The third kappa shape index (κ3) is 4.38. The lowest BCUT2D eigenvalue weighted by molar-refractivity contribution is -0.136. The van der Waals surface area contributed by atoms with E-state index in [9.17, 15) is 4.79 Å². The van der Waals surface area contributed by atoms with E-state index in [1.54, 1.807) is 30.3 Å². The van der Waals surface area contributed by atoms with E-state index in [-0.39, 0.29) is 6.61 Å². The molecule has 0 unspecified atom stereocenters. The van der Waals surface area contributed by atoms with Crippen LogP contribution in [0.4, 0.5) is 0 Å². The standard InChI is InChI=1S/C16H13BrCl2O3/c1-9-5-12(6-10(2)16(9)19)22-15(20)8-21-14-4-3-11(17)7-13(14)18/h3-7H,8H2,1-2H3. The highest BCUT2D eigenvalue weighted by molar-refractivity contribution is 9.10. The first kappa shape index (κ1) is 17.1. The third-order valence-electron chi connectivity index (χ3n) is 2.88. The molecule has 0 amide bonds. The van der Waals surface area contributed by atoms with Crippen LogP contribution < -0.4 is 9.47 Å². The van der Waals surface area contributed by atoms with Crippen molar-refractivity contribution in [2.24, 2.45) is 0 Å². The molecule has 0 saturated heterocycles. The maximum absolute atomic E-state index is 11.8. The average molecular weight is 404 g/mol. The molecule has 22 heavy (non-hydrogen) atoms. The summed E-state index contributed by atoms with van der Waals surface area (Å²) in [7, 11) is 0. The highest BCUT2D eigenvalue weighted by Crippen LogP contribution is 2.28. The predicted molar refractivity (Wildman–Crippen MR) is 91.2 cm³/mol. The maximum Gasteiger partial charge on any atom is 0.349 e. The average Bonchev–Trinajstić information content (AvgIpc) is 2.43. The SMILES string of the molecule is Cc1cc(OC(=O)COc2ccc(Br)cc2Cl)cc(C)c1Cl. The summed E-state index contributed by atoms with van der Waals surface area (Å²) in [5.41, 5.74) is 1.70. The molecule has 0 saturated carbocycles. The molecular formula is C16H13BrCl2O3. The lowest BCUT2D eigenvalue weighted by Gasteiger charge is -2.10. The first-order valence-corrected chi connectivity index (χ1v) is 7.97. The van der Waals surface area contributed by atoms with Crippen LogP contribution in [0.2, 0.25) is 10.0 Å². The summed E-state index contributed by atoms with van der Waals surface area (Å²) in [6.45, 7) is 3.47. The predicted octanol–water partition coefficient (Wildman–Crippen LogP) is 5.36. The van der Waals surface area contributed by atoms with Gasteiger partial charge in [-0.2, -0.15) is 0 Å². The summed E-state index contributed by atoms with van der Waals surface area (Å²) in [6.07, 6.45) is 0. The molecule has 3 nitrogen and oxygen atoms in total. The van der Waals surface area contributed by atoms with Crippen molar-refractivity contribution in [3.63, 3.8) is 0 Å². The maximum atomic E-state index is 11.8. The Morgan fingerprint density at radius 3 is 2.36 bits per heavy atom. The number of hydrogen-bond donors (Lipinski definition) is 0. The van der Waals surface area contributed by atoms with Gasteiger partial charge >= 0.3 is 5.97 Å². The molecule has 0 N–H and O–H groups in total. The van der Waals surface area contributed by atoms with Crippen molar-refractivity contribution in [3.05, 3.63) is 56.0 Å². The summed E-state index contributed by atoms with van der Waals surface area (Å²) >= 11 is 15.4. The van der Waals surface area contributed by atoms with E-state index in [1.165, 1.54) is 0 Å². The number of ether oxygens (including phenoxy) is 2. The largest absolute Gasteiger partial charge is 0.480 e. The number of carbonyl (C=O) groups excluding carboxylic acids is 1. The highest BCUT2D eigenvalue weighted by Gasteiger charge is 2.10. The lowest BCUT2D eigenvalue weighted by Crippen LogP contribution is -2.18. The fourth-order valence-electron chi connectivity index (χ4n) is 1.85. The lowest BCUT2D eigenvalue weighted by atomic mass is 10.1. The topological polar surface area (TPSA) is 35.5 Å². The molecule has 0 aromatic heterocycles. The second kappa shape index (κ2) is 7.36. The molecule has 0 fully saturated rings. The van der Waals surface area contributed by atoms with Gasteiger partial charge in [-0.3, -0.25) is 0 Å². The third-order valence-corrected chi connectivity index (χ3v) is 4.27. The molecule has 2 rings (SSSR count). The van der Waals surface area contributed by atoms with E-state index in [0.29, 0.717) is 21.5 Å². The molecule has 0 bridgehead atoms. The Bertz CT molecular complexity index is 694. The van der Waals surface area contributed by atoms with Gasteiger partial charge in [-0.1, -0.05) is 39.1 Å². The van der Waals surface area contributed by atoms with Gasteiger partial charge in [-0.15, -0.1) is 0 Å². The van der Waals surface area contributed by atoms with Gasteiger partial charge in [-0.05, 0) is 55.3 Å². The summed E-state index contributed by atoms with van der Waals surface area (Å²) in [5, 5.41) is 1.08. The van der Waals surface area contributed by atoms with Crippen LogP contribution in [0.5, 0.6) is 11.5 Å². The molecule has 0 aliphatic rings. The van der Waals surface area contributed by atoms with Crippen molar-refractivity contribution in [1.82, 2.24) is 0 Å². The number of hydrogen-bond acceptors (Lipinski definition) is 3. The van der Waals surface area contributed by atoms with Crippen LogP contribution in [-0.4, -0.2) is 12.6 Å². The van der Waals surface area contributed by atoms with Gasteiger partial charge in [0.05, 0.1) is 5.02 Å². The fraction of sp³-hybridized carbons (Fsp3) is 0.188. The second-order valence-corrected chi connectivity index (χ2v) is 6.41. The molecular weight excluding hydrogens is 391 g/mol. The van der Waals surface area contributed by atoms with Gasteiger partial charge in [0.2, 0.25) is 0 Å². The number of carbonyl (C=O) groups is 1. The molecule has 0 spiro atoms. The Morgan fingerprint density at radius 1 is 1.14 bits per heavy atom. The summed E-state index contributed by atoms with van der Waals surface area (Å²) in [6, 6.07) is 8.56. The number of rotatable bonds is 4. The minimum absolute atomic E-state index is 0.234. The van der Waals surface area contributed by atoms with E-state index in [4.69, 9.17) is 32.7 Å². The van der Waals surface area contributed by atoms with Crippen LogP contribution in [-0.2, 0) is 4.79 Å². The van der Waals surface area contributed by atoms with E-state index in [1.807, 2.05) is 13.8 Å². The van der Waals surface area contributed by atoms with E-state index in [0.717, 1.165) is 15.6 Å². The molecule has 0 aliphatic heterocycles. The number of esters is 1. The minimum Gasteiger partial charge on any atom is -0.480 e. The normalized spacial score (nSPS) is 10.4. The Morgan fingerprint density at radius 2 is 1.77 bits per heavy atom. The van der Waals surface area contributed by atoms with Gasteiger partial charge in [0.25, 0.3) is 0 Å². The van der Waals surface area contributed by atoms with Crippen molar-refractivity contribution >= 4 is 45.1 Å². The van der Waals surface area contributed by atoms with Gasteiger partial charge in [0.1, 0.15) is 11.5 Å². The Hall–Kier alpha value is -1.23. The highest BCUT2D eigenvalue weighted by atomic mass is 79.9. The van der Waals surface area contributed by atoms with E-state index in [2.05, 4.69) is 15.9 Å². The molecule has 116 valence electrons. The van der Waals surface area contributed by atoms with Gasteiger partial charge in [-0.25, -0.2) is 4.79 Å². The Balaban J connectivity index is 1.99. The Labute approximate surface area is 147 Å². The second-order valence-electron chi connectivity index (χ2n) is 4.71. The van der Waals surface area contributed by atoms with Crippen molar-refractivity contribution < 1.29 is 14.3 Å². The summed E-state index contributed by atoms with van der Waals surface area (Å²) in [5.74, 6) is 0.347. The van der Waals surface area contributed by atoms with Crippen molar-refractivity contribution in [2.75, 3.05) is 6.61 Å². The van der Waals surface area contributed by atoms with Crippen molar-refractivity contribution in [2.45, 2.75) is 13.8 Å². The van der Waals surface area contributed by atoms with Crippen LogP contribution in [0.3, 0.4) is 0 Å². The van der Waals surface area contributed by atoms with E-state index < -0.39 is 5.97 Å². The fourth-order valence-corrected chi connectivity index (χ4v) is 2.69. The monoisotopic (exact) mass is 402 g/mol. The zero-order valence-electron chi connectivity index (χ0n) is 12.0. The first-order valence-electron chi connectivity index (χ1n) is 6.42. The Kier molecular flexibility index (Phi) is 5.73. The zero-order valence-corrected chi connectivity index (χ0v) is 15.1. The van der Waals surface area contributed by atoms with Crippen LogP contribution in [0.1, 0.15) is 11.1 Å². The number of benzene rings is 2. The molecule has 0 aliphatic carbocycles. The van der Waals surface area contributed by atoms with Crippen LogP contribution >= 0.6 is 39.1 Å². The molecule has 0 atom stereocenters. The molecule has 2 aromatic rings. The van der Waals surface area contributed by atoms with Gasteiger partial charge in [0, 0.05) is 9.50 Å². The van der Waals surface area contributed by atoms with Crippen molar-refractivity contribution in [3.8, 4) is 11.5 Å². The smallest absolute Gasteiger partial charge is 0.349 e. The molecule has 0 radical (unpaired) electrons. The number of halogens is 3. The van der Waals surface area contributed by atoms with Crippen molar-refractivity contribution in [1.29, 1.82) is 0 Å². The summed E-state index contributed by atoms with van der Waals surface area (Å²) in [4.78, 5) is 11.8. The van der Waals surface area contributed by atoms with Gasteiger partial charge in [0.15, 0.2) is 6.61 Å². The van der Waals surface area contributed by atoms with Crippen LogP contribution in [0.25, 0.3) is 0 Å². The van der Waals surface area contributed by atoms with Gasteiger partial charge < -0.3 is 9.47 Å². The number of aryl methyl sites for hydroxylation is 2. The zero-order chi connectivity index (χ0) is 16.3. The van der Waals surface area contributed by atoms with E-state index >= 15 is 0 Å².